The number of allylic oxidation sites excluding steroid dienone is 2. The quantitative estimate of drug-likeness (QED) is 0.169. The van der Waals surface area contributed by atoms with Gasteiger partial charge >= 0.3 is 17.9 Å². The zero-order valence-corrected chi connectivity index (χ0v) is 27.4. The molecule has 5 aliphatic carbocycles. The number of aliphatic hydroxyl groups is 1. The van der Waals surface area contributed by atoms with Gasteiger partial charge in [-0.25, -0.2) is 0 Å². The maximum absolute atomic E-state index is 13.5. The van der Waals surface area contributed by atoms with Gasteiger partial charge in [0, 0.05) is 25.7 Å². The molecule has 0 saturated heterocycles. The summed E-state index contributed by atoms with van der Waals surface area (Å²) < 4.78 is 16.8. The molecule has 7 heteroatoms. The molecule has 236 valence electrons. The van der Waals surface area contributed by atoms with Gasteiger partial charge in [-0.2, -0.15) is 0 Å². The van der Waals surface area contributed by atoms with Crippen LogP contribution in [-0.4, -0.2) is 42.0 Å². The third-order valence-electron chi connectivity index (χ3n) is 13.9. The molecule has 0 heterocycles. The summed E-state index contributed by atoms with van der Waals surface area (Å²) in [5.74, 6) is -2.08. The average Bonchev–Trinajstić information content (AvgIpc) is 3.04. The summed E-state index contributed by atoms with van der Waals surface area (Å²) in [5, 5.41) is 11.8. The summed E-state index contributed by atoms with van der Waals surface area (Å²) in [6, 6.07) is 0. The predicted octanol–water partition coefficient (Wildman–Crippen LogP) is 6.75. The fourth-order valence-corrected chi connectivity index (χ4v) is 11.9. The number of rotatable bonds is 3. The van der Waals surface area contributed by atoms with Crippen molar-refractivity contribution in [1.82, 2.24) is 0 Å². The van der Waals surface area contributed by atoms with E-state index in [1.807, 2.05) is 0 Å². The second-order valence-electron chi connectivity index (χ2n) is 16.2. The van der Waals surface area contributed by atoms with Crippen LogP contribution in [0.4, 0.5) is 0 Å². The standard InChI is InChI=1S/C35H54O7/c1-21(36)41-28-15-17-32(6)24-11-13-26-31(5,20-23(24)10-12-25(32)30(28,3)4)16-14-27-33(26,7)18-19-35(39,42-22(2)37)34(27,8)29(38)40-9/h10,24-28,39H,11-20H2,1-9H3/t24-,25+,26+,27+,28-,31+,32-,33-,34+,35+/m1/s1. The van der Waals surface area contributed by atoms with Gasteiger partial charge in [0.2, 0.25) is 5.79 Å². The number of carbonyl (C=O) groups is 3. The van der Waals surface area contributed by atoms with Crippen LogP contribution in [0.2, 0.25) is 0 Å². The highest BCUT2D eigenvalue weighted by Crippen LogP contribution is 2.71. The molecule has 0 unspecified atom stereocenters. The van der Waals surface area contributed by atoms with Gasteiger partial charge in [0.1, 0.15) is 11.5 Å². The molecular weight excluding hydrogens is 532 g/mol. The Morgan fingerprint density at radius 3 is 2.12 bits per heavy atom. The van der Waals surface area contributed by atoms with Crippen LogP contribution in [0.1, 0.15) is 120 Å². The lowest BCUT2D eigenvalue weighted by molar-refractivity contribution is -0.312. The first-order chi connectivity index (χ1) is 19.4. The van der Waals surface area contributed by atoms with Gasteiger partial charge in [0.05, 0.1) is 7.11 Å². The lowest BCUT2D eigenvalue weighted by atomic mass is 9.41. The third kappa shape index (κ3) is 4.33. The van der Waals surface area contributed by atoms with Crippen LogP contribution in [-0.2, 0) is 28.6 Å². The van der Waals surface area contributed by atoms with E-state index in [9.17, 15) is 19.5 Å². The molecule has 10 atom stereocenters. The van der Waals surface area contributed by atoms with Crippen molar-refractivity contribution in [3.05, 3.63) is 11.6 Å². The molecule has 5 aliphatic rings. The zero-order valence-electron chi connectivity index (χ0n) is 27.4. The molecule has 0 aromatic rings. The number of hydrogen-bond acceptors (Lipinski definition) is 7. The number of esters is 3. The average molecular weight is 587 g/mol. The number of hydrogen-bond donors (Lipinski definition) is 1. The van der Waals surface area contributed by atoms with E-state index in [-0.39, 0.29) is 46.1 Å². The molecule has 7 nitrogen and oxygen atoms in total. The Kier molecular flexibility index (Phi) is 7.56. The molecular formula is C35H54O7. The van der Waals surface area contributed by atoms with Gasteiger partial charge in [0.25, 0.3) is 0 Å². The molecule has 1 N–H and O–H groups in total. The van der Waals surface area contributed by atoms with Crippen molar-refractivity contribution in [1.29, 1.82) is 0 Å². The van der Waals surface area contributed by atoms with Crippen LogP contribution >= 0.6 is 0 Å². The summed E-state index contributed by atoms with van der Waals surface area (Å²) in [6.45, 7) is 16.5. The summed E-state index contributed by atoms with van der Waals surface area (Å²) in [7, 11) is 1.36. The third-order valence-corrected chi connectivity index (χ3v) is 13.9. The Hall–Kier alpha value is -1.89. The Balaban J connectivity index is 1.50. The number of ether oxygens (including phenoxy) is 3. The highest BCUT2D eigenvalue weighted by atomic mass is 16.7. The van der Waals surface area contributed by atoms with Crippen molar-refractivity contribution in [2.75, 3.05) is 7.11 Å². The molecule has 5 rings (SSSR count). The minimum absolute atomic E-state index is 0.0530. The predicted molar refractivity (Wildman–Crippen MR) is 159 cm³/mol. The van der Waals surface area contributed by atoms with Gasteiger partial charge in [-0.15, -0.1) is 0 Å². The van der Waals surface area contributed by atoms with Gasteiger partial charge in [-0.1, -0.05) is 46.3 Å². The van der Waals surface area contributed by atoms with Crippen LogP contribution in [0.3, 0.4) is 0 Å². The molecule has 0 aliphatic heterocycles. The summed E-state index contributed by atoms with van der Waals surface area (Å²) >= 11 is 0. The Morgan fingerprint density at radius 1 is 0.810 bits per heavy atom. The van der Waals surface area contributed by atoms with Gasteiger partial charge in [-0.05, 0) is 105 Å². The molecule has 0 radical (unpaired) electrons. The van der Waals surface area contributed by atoms with E-state index in [1.54, 1.807) is 12.5 Å². The molecule has 0 aromatic heterocycles. The van der Waals surface area contributed by atoms with Crippen LogP contribution in [0, 0.1) is 50.7 Å². The largest absolute Gasteiger partial charge is 0.468 e. The highest BCUT2D eigenvalue weighted by molar-refractivity contribution is 5.79. The van der Waals surface area contributed by atoms with Crippen molar-refractivity contribution < 1.29 is 33.7 Å². The Labute approximate surface area is 252 Å². The molecule has 0 bridgehead atoms. The first kappa shape index (κ1) is 31.5. The van der Waals surface area contributed by atoms with Crippen molar-refractivity contribution in [3.63, 3.8) is 0 Å². The fraction of sp³-hybridized carbons (Fsp3) is 0.857. The Bertz CT molecular complexity index is 1170. The van der Waals surface area contributed by atoms with Crippen LogP contribution in [0.5, 0.6) is 0 Å². The van der Waals surface area contributed by atoms with E-state index in [0.717, 1.165) is 51.4 Å². The highest BCUT2D eigenvalue weighted by Gasteiger charge is 2.71. The van der Waals surface area contributed by atoms with Gasteiger partial charge in [-0.3, -0.25) is 14.4 Å². The molecule has 4 saturated carbocycles. The van der Waals surface area contributed by atoms with E-state index in [2.05, 4.69) is 40.7 Å². The van der Waals surface area contributed by atoms with E-state index in [1.165, 1.54) is 21.0 Å². The maximum Gasteiger partial charge on any atom is 0.318 e. The van der Waals surface area contributed by atoms with Crippen LogP contribution < -0.4 is 0 Å². The Morgan fingerprint density at radius 2 is 1.50 bits per heavy atom. The maximum atomic E-state index is 13.5. The second kappa shape index (κ2) is 10.1. The van der Waals surface area contributed by atoms with E-state index < -0.39 is 23.1 Å². The zero-order chi connectivity index (χ0) is 31.1. The lowest BCUT2D eigenvalue weighted by Crippen LogP contribution is -2.68. The van der Waals surface area contributed by atoms with Crippen LogP contribution in [0.15, 0.2) is 11.6 Å². The number of carbonyl (C=O) groups excluding carboxylic acids is 3. The van der Waals surface area contributed by atoms with Crippen molar-refractivity contribution in [2.24, 2.45) is 50.7 Å². The van der Waals surface area contributed by atoms with E-state index >= 15 is 0 Å². The molecule has 0 amide bonds. The molecule has 4 fully saturated rings. The van der Waals surface area contributed by atoms with Crippen molar-refractivity contribution in [2.45, 2.75) is 131 Å². The second-order valence-corrected chi connectivity index (χ2v) is 16.2. The summed E-state index contributed by atoms with van der Waals surface area (Å²) in [5.41, 5.74) is 0.141. The van der Waals surface area contributed by atoms with Gasteiger partial charge < -0.3 is 19.3 Å². The van der Waals surface area contributed by atoms with Gasteiger partial charge in [0.15, 0.2) is 0 Å². The minimum Gasteiger partial charge on any atom is -0.468 e. The topological polar surface area (TPSA) is 99.1 Å². The van der Waals surface area contributed by atoms with E-state index in [4.69, 9.17) is 14.2 Å². The fourth-order valence-electron chi connectivity index (χ4n) is 11.9. The monoisotopic (exact) mass is 586 g/mol. The molecule has 42 heavy (non-hydrogen) atoms. The number of methoxy groups -OCH3 is 1. The normalized spacial score (nSPS) is 47.7. The molecule has 0 spiro atoms. The first-order valence-corrected chi connectivity index (χ1v) is 16.3. The number of fused-ring (bicyclic) bond motifs is 6. The van der Waals surface area contributed by atoms with E-state index in [0.29, 0.717) is 24.2 Å². The van der Waals surface area contributed by atoms with Crippen molar-refractivity contribution in [3.8, 4) is 0 Å². The summed E-state index contributed by atoms with van der Waals surface area (Å²) in [6.07, 6.45) is 11.3. The summed E-state index contributed by atoms with van der Waals surface area (Å²) in [4.78, 5) is 37.6. The van der Waals surface area contributed by atoms with Crippen molar-refractivity contribution >= 4 is 17.9 Å². The van der Waals surface area contributed by atoms with Crippen LogP contribution in [0.25, 0.3) is 0 Å². The smallest absolute Gasteiger partial charge is 0.318 e. The minimum atomic E-state index is -1.89. The lowest BCUT2D eigenvalue weighted by Gasteiger charge is -2.64. The molecule has 0 aromatic carbocycles. The first-order valence-electron chi connectivity index (χ1n) is 16.3. The SMILES string of the molecule is COC(=O)[C@]1(C)[C@H]2CC[C@@]3(C)CC4=CC[C@H]5C(C)(C)[C@H](OC(C)=O)CC[C@]5(C)[C@@H]4CC[C@@H]3[C@@]2(C)CC[C@]1(O)OC(C)=O.